The highest BCUT2D eigenvalue weighted by atomic mass is 32.1. The van der Waals surface area contributed by atoms with Gasteiger partial charge in [0, 0.05) is 88.4 Å². The lowest BCUT2D eigenvalue weighted by Crippen LogP contribution is -2.48. The van der Waals surface area contributed by atoms with Crippen LogP contribution in [-0.4, -0.2) is 123 Å². The largest absolute Gasteiger partial charge is 0.492 e. The average Bonchev–Trinajstić information content (AvgIpc) is 3.82. The Morgan fingerprint density at radius 3 is 2.43 bits per heavy atom. The highest BCUT2D eigenvalue weighted by Crippen LogP contribution is 2.25. The molecule has 2 amide bonds. The number of anilines is 1. The van der Waals surface area contributed by atoms with E-state index in [0.717, 1.165) is 62.6 Å². The van der Waals surface area contributed by atoms with Crippen LogP contribution in [0, 0.1) is 0 Å². The molecule has 13 heteroatoms. The van der Waals surface area contributed by atoms with Gasteiger partial charge in [0.05, 0.1) is 24.2 Å². The van der Waals surface area contributed by atoms with E-state index < -0.39 is 0 Å². The highest BCUT2D eigenvalue weighted by Gasteiger charge is 2.26. The van der Waals surface area contributed by atoms with E-state index in [1.165, 1.54) is 11.3 Å². The van der Waals surface area contributed by atoms with Crippen LogP contribution in [0.4, 0.5) is 5.82 Å². The molecule has 4 aromatic rings. The number of hydrogen-bond acceptors (Lipinski definition) is 10. The summed E-state index contributed by atoms with van der Waals surface area (Å²) in [5, 5.41) is 11.1. The van der Waals surface area contributed by atoms with Crippen molar-refractivity contribution < 1.29 is 19.4 Å². The zero-order valence-corrected chi connectivity index (χ0v) is 27.4. The third kappa shape index (κ3) is 8.16. The standard InChI is InChI=1S/C34H42N8O4S/c43-22-20-38-16-18-40(19-17-38)32-29(8-4-9-35-32)33(44)41-11-1-2-12-42(34(45)30-25-47-26-37-30)21-23-46-28-7-3-6-27(24-28)31-36-10-15-39(31)13-5-14-41/h3-4,6-10,15,24-26,43H,1-2,5,11-14,16-23H2. The predicted octanol–water partition coefficient (Wildman–Crippen LogP) is 3.36. The van der Waals surface area contributed by atoms with Crippen LogP contribution in [0.25, 0.3) is 11.4 Å². The topological polar surface area (TPSA) is 120 Å². The van der Waals surface area contributed by atoms with Gasteiger partial charge in [-0.25, -0.2) is 15.0 Å². The third-order valence-corrected chi connectivity index (χ3v) is 9.29. The van der Waals surface area contributed by atoms with E-state index in [9.17, 15) is 14.7 Å². The van der Waals surface area contributed by atoms with Crippen molar-refractivity contribution in [3.8, 4) is 17.1 Å². The number of piperazine rings is 1. The fourth-order valence-electron chi connectivity index (χ4n) is 6.21. The fourth-order valence-corrected chi connectivity index (χ4v) is 6.73. The van der Waals surface area contributed by atoms with Crippen molar-refractivity contribution in [2.24, 2.45) is 0 Å². The number of pyridine rings is 1. The molecule has 0 unspecified atom stereocenters. The second-order valence-corrected chi connectivity index (χ2v) is 12.5. The first-order valence-electron chi connectivity index (χ1n) is 16.3. The van der Waals surface area contributed by atoms with Crippen molar-refractivity contribution in [2.45, 2.75) is 25.8 Å². The highest BCUT2D eigenvalue weighted by molar-refractivity contribution is 7.07. The molecule has 2 aliphatic heterocycles. The summed E-state index contributed by atoms with van der Waals surface area (Å²) in [6.07, 6.45) is 7.73. The van der Waals surface area contributed by atoms with Crippen molar-refractivity contribution in [1.82, 2.24) is 34.2 Å². The van der Waals surface area contributed by atoms with E-state index in [-0.39, 0.29) is 18.4 Å². The molecule has 12 nitrogen and oxygen atoms in total. The minimum Gasteiger partial charge on any atom is -0.492 e. The number of aromatic nitrogens is 4. The number of rotatable bonds is 5. The molecule has 0 aliphatic carbocycles. The van der Waals surface area contributed by atoms with Crippen molar-refractivity contribution in [3.05, 3.63) is 77.1 Å². The summed E-state index contributed by atoms with van der Waals surface area (Å²) >= 11 is 1.40. The number of thiazole rings is 1. The van der Waals surface area contributed by atoms with Crippen LogP contribution >= 0.6 is 11.3 Å². The van der Waals surface area contributed by atoms with Crippen LogP contribution in [0.3, 0.4) is 0 Å². The molecule has 2 bridgehead atoms. The Labute approximate surface area is 279 Å². The van der Waals surface area contributed by atoms with Gasteiger partial charge in [0.2, 0.25) is 0 Å². The first-order chi connectivity index (χ1) is 23.1. The number of imidazole rings is 1. The molecule has 0 saturated carbocycles. The summed E-state index contributed by atoms with van der Waals surface area (Å²) in [4.78, 5) is 49.3. The van der Waals surface area contributed by atoms with Crippen LogP contribution in [0.15, 0.2) is 65.9 Å². The van der Waals surface area contributed by atoms with Gasteiger partial charge in [-0.3, -0.25) is 14.5 Å². The van der Waals surface area contributed by atoms with Gasteiger partial charge in [-0.15, -0.1) is 11.3 Å². The van der Waals surface area contributed by atoms with Crippen molar-refractivity contribution in [1.29, 1.82) is 0 Å². The third-order valence-electron chi connectivity index (χ3n) is 8.70. The number of aryl methyl sites for hydroxylation is 1. The molecule has 1 saturated heterocycles. The maximum atomic E-state index is 14.3. The van der Waals surface area contributed by atoms with Crippen LogP contribution in [-0.2, 0) is 6.54 Å². The lowest BCUT2D eigenvalue weighted by molar-refractivity contribution is 0.0701. The molecule has 3 aromatic heterocycles. The van der Waals surface area contributed by atoms with Gasteiger partial charge in [0.25, 0.3) is 11.8 Å². The molecule has 1 aromatic carbocycles. The van der Waals surface area contributed by atoms with Crippen molar-refractivity contribution in [2.75, 3.05) is 77.0 Å². The molecule has 0 atom stereocenters. The van der Waals surface area contributed by atoms with E-state index in [2.05, 4.69) is 29.3 Å². The second-order valence-electron chi connectivity index (χ2n) is 11.8. The maximum absolute atomic E-state index is 14.3. The van der Waals surface area contributed by atoms with Crippen LogP contribution in [0.1, 0.15) is 40.1 Å². The van der Waals surface area contributed by atoms with E-state index in [1.807, 2.05) is 47.5 Å². The van der Waals surface area contributed by atoms with Gasteiger partial charge in [0.1, 0.15) is 29.7 Å². The first kappa shape index (κ1) is 32.6. The molecule has 1 fully saturated rings. The molecule has 5 heterocycles. The minimum atomic E-state index is -0.115. The number of benzene rings is 1. The molecule has 47 heavy (non-hydrogen) atoms. The number of β-amino-alcohol motifs (C(OH)–C–C–N with tert-alkyl or cyclic N) is 1. The van der Waals surface area contributed by atoms with Gasteiger partial charge in [0.15, 0.2) is 0 Å². The second kappa shape index (κ2) is 16.0. The summed E-state index contributed by atoms with van der Waals surface area (Å²) in [6.45, 7) is 7.03. The number of hydrogen-bond donors (Lipinski definition) is 1. The molecule has 0 radical (unpaired) electrons. The molecule has 1 N–H and O–H groups in total. The van der Waals surface area contributed by atoms with Gasteiger partial charge in [-0.1, -0.05) is 12.1 Å². The molecular weight excluding hydrogens is 616 g/mol. The summed E-state index contributed by atoms with van der Waals surface area (Å²) in [7, 11) is 0. The number of fused-ring (bicyclic) bond motifs is 4. The number of carbonyl (C=O) groups is 2. The molecular formula is C34H42N8O4S. The fraction of sp³-hybridized carbons (Fsp3) is 0.441. The van der Waals surface area contributed by atoms with Crippen molar-refractivity contribution >= 4 is 29.0 Å². The molecule has 2 aliphatic rings. The van der Waals surface area contributed by atoms with Crippen LogP contribution < -0.4 is 9.64 Å². The van der Waals surface area contributed by atoms with E-state index in [4.69, 9.17) is 4.74 Å². The van der Waals surface area contributed by atoms with Crippen molar-refractivity contribution in [3.63, 3.8) is 0 Å². The summed E-state index contributed by atoms with van der Waals surface area (Å²) in [5.74, 6) is 2.12. The minimum absolute atomic E-state index is 0.0360. The maximum Gasteiger partial charge on any atom is 0.273 e. The number of carbonyl (C=O) groups excluding carboxylic acids is 2. The first-order valence-corrected chi connectivity index (χ1v) is 17.3. The molecule has 0 spiro atoms. The van der Waals surface area contributed by atoms with Gasteiger partial charge >= 0.3 is 0 Å². The molecule has 248 valence electrons. The quantitative estimate of drug-likeness (QED) is 0.344. The number of amides is 2. The monoisotopic (exact) mass is 658 g/mol. The zero-order valence-electron chi connectivity index (χ0n) is 26.6. The lowest BCUT2D eigenvalue weighted by atomic mass is 10.1. The zero-order chi connectivity index (χ0) is 32.4. The number of aliphatic hydroxyl groups is 1. The Hall–Kier alpha value is -4.33. The SMILES string of the molecule is O=C(c1cscn1)N1CCCCN(C(=O)c2cccnc2N2CCN(CCO)CC2)CCCn2ccnc2-c2cccc(c2)OCC1. The number of ether oxygens (including phenoxy) is 1. The van der Waals surface area contributed by atoms with E-state index in [0.29, 0.717) is 63.0 Å². The Kier molecular flexibility index (Phi) is 11.1. The molecule has 6 rings (SSSR count). The smallest absolute Gasteiger partial charge is 0.273 e. The van der Waals surface area contributed by atoms with Crippen LogP contribution in [0.5, 0.6) is 5.75 Å². The van der Waals surface area contributed by atoms with Gasteiger partial charge in [-0.05, 0) is 43.5 Å². The predicted molar refractivity (Wildman–Crippen MR) is 181 cm³/mol. The average molecular weight is 659 g/mol. The number of nitrogens with zero attached hydrogens (tertiary/aromatic N) is 8. The van der Waals surface area contributed by atoms with Gasteiger partial charge < -0.3 is 29.1 Å². The Balaban J connectivity index is 1.23. The van der Waals surface area contributed by atoms with E-state index in [1.54, 1.807) is 28.2 Å². The normalized spacial score (nSPS) is 17.1. The lowest BCUT2D eigenvalue weighted by Gasteiger charge is -2.36. The summed E-state index contributed by atoms with van der Waals surface area (Å²) in [5.41, 5.74) is 3.66. The van der Waals surface area contributed by atoms with Crippen LogP contribution in [0.2, 0.25) is 0 Å². The Bertz CT molecular complexity index is 1600. The summed E-state index contributed by atoms with van der Waals surface area (Å²) in [6, 6.07) is 11.6. The number of aliphatic hydroxyl groups excluding tert-OH is 1. The Morgan fingerprint density at radius 1 is 0.830 bits per heavy atom. The van der Waals surface area contributed by atoms with Gasteiger partial charge in [-0.2, -0.15) is 0 Å². The van der Waals surface area contributed by atoms with E-state index >= 15 is 0 Å². The summed E-state index contributed by atoms with van der Waals surface area (Å²) < 4.78 is 8.23. The Morgan fingerprint density at radius 2 is 1.64 bits per heavy atom.